The molecule has 0 fully saturated rings. The van der Waals surface area contributed by atoms with Crippen LogP contribution < -0.4 is 4.74 Å². The summed E-state index contributed by atoms with van der Waals surface area (Å²) in [5.74, 6) is 1.27. The molecule has 16 heavy (non-hydrogen) atoms. The summed E-state index contributed by atoms with van der Waals surface area (Å²) in [5.41, 5.74) is 2.40. The van der Waals surface area contributed by atoms with E-state index in [1.807, 2.05) is 20.0 Å². The average molecular weight is 223 g/mol. The van der Waals surface area contributed by atoms with Crippen LogP contribution in [0.1, 0.15) is 58.1 Å². The molecule has 0 aromatic carbocycles. The van der Waals surface area contributed by atoms with E-state index in [1.54, 1.807) is 0 Å². The fourth-order valence-corrected chi connectivity index (χ4v) is 1.31. The molecule has 1 aromatic heterocycles. The van der Waals surface area contributed by atoms with E-state index in [4.69, 9.17) is 4.74 Å². The van der Waals surface area contributed by atoms with Crippen LogP contribution in [0, 0.1) is 6.92 Å². The lowest BCUT2D eigenvalue weighted by atomic mass is 10.0. The fraction of sp³-hybridized carbons (Fsp3) is 0.643. The van der Waals surface area contributed by atoms with Crippen molar-refractivity contribution < 1.29 is 4.74 Å². The third-order valence-electron chi connectivity index (χ3n) is 2.08. The third kappa shape index (κ3) is 4.65. The molecule has 0 aliphatic rings. The minimum atomic E-state index is 0.467. The summed E-state index contributed by atoms with van der Waals surface area (Å²) in [6.07, 6.45) is 2.88. The first-order valence-electron chi connectivity index (χ1n) is 6.24. The Hall–Kier alpha value is -1.05. The van der Waals surface area contributed by atoms with Crippen LogP contribution >= 0.6 is 0 Å². The molecular formula is C14H25NO. The third-order valence-corrected chi connectivity index (χ3v) is 2.08. The Balaban J connectivity index is 0.00000106. The van der Waals surface area contributed by atoms with Crippen molar-refractivity contribution in [3.8, 4) is 5.88 Å². The highest BCUT2D eigenvalue weighted by Gasteiger charge is 2.08. The summed E-state index contributed by atoms with van der Waals surface area (Å²) in [5, 5.41) is 0. The van der Waals surface area contributed by atoms with Gasteiger partial charge in [-0.25, -0.2) is 4.98 Å². The maximum atomic E-state index is 5.59. The number of aromatic nitrogens is 1. The van der Waals surface area contributed by atoms with Crippen LogP contribution in [0.3, 0.4) is 0 Å². The topological polar surface area (TPSA) is 22.1 Å². The molecule has 0 unspecified atom stereocenters. The first-order valence-corrected chi connectivity index (χ1v) is 6.24. The van der Waals surface area contributed by atoms with Crippen molar-refractivity contribution in [2.45, 2.75) is 53.9 Å². The highest BCUT2D eigenvalue weighted by molar-refractivity contribution is 5.31. The number of nitrogens with zero attached hydrogens (tertiary/aromatic N) is 1. The molecule has 0 radical (unpaired) electrons. The molecule has 0 atom stereocenters. The zero-order valence-corrected chi connectivity index (χ0v) is 11.5. The van der Waals surface area contributed by atoms with Crippen molar-refractivity contribution >= 4 is 0 Å². The minimum Gasteiger partial charge on any atom is -0.477 e. The Bertz CT molecular complexity index is 295. The zero-order valence-electron chi connectivity index (χ0n) is 11.5. The molecule has 0 bridgehead atoms. The van der Waals surface area contributed by atoms with Gasteiger partial charge in [0.2, 0.25) is 5.88 Å². The Morgan fingerprint density at radius 1 is 1.31 bits per heavy atom. The van der Waals surface area contributed by atoms with Crippen LogP contribution in [-0.4, -0.2) is 11.6 Å². The molecule has 0 N–H and O–H groups in total. The quantitative estimate of drug-likeness (QED) is 0.758. The lowest BCUT2D eigenvalue weighted by molar-refractivity contribution is 0.300. The first kappa shape index (κ1) is 14.9. The molecule has 0 spiro atoms. The van der Waals surface area contributed by atoms with Crippen molar-refractivity contribution in [1.82, 2.24) is 4.98 Å². The molecule has 92 valence electrons. The number of hydrogen-bond donors (Lipinski definition) is 0. The van der Waals surface area contributed by atoms with Gasteiger partial charge in [0.1, 0.15) is 0 Å². The molecule has 2 heteroatoms. The van der Waals surface area contributed by atoms with Gasteiger partial charge in [-0.05, 0) is 30.9 Å². The van der Waals surface area contributed by atoms with Crippen LogP contribution in [0.4, 0.5) is 0 Å². The van der Waals surface area contributed by atoms with Gasteiger partial charge in [0.05, 0.1) is 6.61 Å². The number of hydrogen-bond acceptors (Lipinski definition) is 2. The van der Waals surface area contributed by atoms with Crippen LogP contribution in [0.25, 0.3) is 0 Å². The van der Waals surface area contributed by atoms with Gasteiger partial charge < -0.3 is 4.74 Å². The average Bonchev–Trinajstić information content (AvgIpc) is 2.30. The smallest absolute Gasteiger partial charge is 0.216 e. The van der Waals surface area contributed by atoms with E-state index in [-0.39, 0.29) is 0 Å². The van der Waals surface area contributed by atoms with E-state index in [9.17, 15) is 0 Å². The van der Waals surface area contributed by atoms with E-state index in [1.165, 1.54) is 11.1 Å². The standard InChI is InChI=1S/C12H19NO.C2H6/c1-5-6-14-12-11(9(2)3)7-10(4)8-13-12;1-2/h7-9H,5-6H2,1-4H3;1-2H3. The fourth-order valence-electron chi connectivity index (χ4n) is 1.31. The van der Waals surface area contributed by atoms with E-state index in [0.717, 1.165) is 18.9 Å². The predicted octanol–water partition coefficient (Wildman–Crippen LogP) is 4.33. The Kier molecular flexibility index (Phi) is 7.61. The van der Waals surface area contributed by atoms with Gasteiger partial charge in [0.15, 0.2) is 0 Å². The molecule has 0 saturated carbocycles. The first-order chi connectivity index (χ1) is 7.65. The van der Waals surface area contributed by atoms with Gasteiger partial charge in [-0.2, -0.15) is 0 Å². The predicted molar refractivity (Wildman–Crippen MR) is 70.2 cm³/mol. The van der Waals surface area contributed by atoms with Crippen LogP contribution in [0.2, 0.25) is 0 Å². The maximum absolute atomic E-state index is 5.59. The Morgan fingerprint density at radius 3 is 2.44 bits per heavy atom. The molecule has 1 heterocycles. The summed E-state index contributed by atoms with van der Waals surface area (Å²) in [6.45, 7) is 13.2. The lowest BCUT2D eigenvalue weighted by Crippen LogP contribution is -2.02. The van der Waals surface area contributed by atoms with Gasteiger partial charge in [-0.1, -0.05) is 34.6 Å². The number of ether oxygens (including phenoxy) is 1. The van der Waals surface area contributed by atoms with Crippen molar-refractivity contribution in [1.29, 1.82) is 0 Å². The molecule has 0 aliphatic heterocycles. The SMILES string of the molecule is CC.CCCOc1ncc(C)cc1C(C)C. The van der Waals surface area contributed by atoms with Crippen molar-refractivity contribution in [2.75, 3.05) is 6.61 Å². The normalized spacial score (nSPS) is 9.69. The summed E-state index contributed by atoms with van der Waals surface area (Å²) in [6, 6.07) is 2.16. The van der Waals surface area contributed by atoms with Gasteiger partial charge in [0.25, 0.3) is 0 Å². The second kappa shape index (κ2) is 8.14. The number of rotatable bonds is 4. The van der Waals surface area contributed by atoms with Crippen molar-refractivity contribution in [3.05, 3.63) is 23.4 Å². The number of aryl methyl sites for hydroxylation is 1. The van der Waals surface area contributed by atoms with Crippen molar-refractivity contribution in [2.24, 2.45) is 0 Å². The zero-order chi connectivity index (χ0) is 12.6. The highest BCUT2D eigenvalue weighted by Crippen LogP contribution is 2.24. The van der Waals surface area contributed by atoms with Gasteiger partial charge in [-0.15, -0.1) is 0 Å². The molecule has 1 rings (SSSR count). The lowest BCUT2D eigenvalue weighted by Gasteiger charge is -2.12. The summed E-state index contributed by atoms with van der Waals surface area (Å²) in [7, 11) is 0. The molecule has 0 saturated heterocycles. The molecule has 2 nitrogen and oxygen atoms in total. The Morgan fingerprint density at radius 2 is 1.94 bits per heavy atom. The maximum Gasteiger partial charge on any atom is 0.216 e. The monoisotopic (exact) mass is 223 g/mol. The van der Waals surface area contributed by atoms with E-state index in [0.29, 0.717) is 5.92 Å². The van der Waals surface area contributed by atoms with Gasteiger partial charge >= 0.3 is 0 Å². The minimum absolute atomic E-state index is 0.467. The number of pyridine rings is 1. The molecule has 0 aliphatic carbocycles. The highest BCUT2D eigenvalue weighted by atomic mass is 16.5. The van der Waals surface area contributed by atoms with Gasteiger partial charge in [-0.3, -0.25) is 0 Å². The van der Waals surface area contributed by atoms with Crippen LogP contribution in [0.5, 0.6) is 5.88 Å². The van der Waals surface area contributed by atoms with E-state index < -0.39 is 0 Å². The van der Waals surface area contributed by atoms with Gasteiger partial charge in [0, 0.05) is 11.8 Å². The molecular weight excluding hydrogens is 198 g/mol. The summed E-state index contributed by atoms with van der Waals surface area (Å²) >= 11 is 0. The van der Waals surface area contributed by atoms with Crippen LogP contribution in [0.15, 0.2) is 12.3 Å². The Labute approximate surface area is 100 Å². The van der Waals surface area contributed by atoms with Crippen molar-refractivity contribution in [3.63, 3.8) is 0 Å². The second-order valence-electron chi connectivity index (χ2n) is 3.91. The summed E-state index contributed by atoms with van der Waals surface area (Å²) in [4.78, 5) is 4.31. The second-order valence-corrected chi connectivity index (χ2v) is 3.91. The molecule has 1 aromatic rings. The van der Waals surface area contributed by atoms with E-state index >= 15 is 0 Å². The van der Waals surface area contributed by atoms with E-state index in [2.05, 4.69) is 38.7 Å². The molecule has 0 amide bonds. The largest absolute Gasteiger partial charge is 0.477 e. The summed E-state index contributed by atoms with van der Waals surface area (Å²) < 4.78 is 5.59. The van der Waals surface area contributed by atoms with Crippen LogP contribution in [-0.2, 0) is 0 Å².